The van der Waals surface area contributed by atoms with Crippen molar-refractivity contribution in [3.05, 3.63) is 143 Å². The highest BCUT2D eigenvalue weighted by Gasteiger charge is 2.34. The number of unbranched alkanes of at least 4 members (excludes halogenated alkanes) is 2. The van der Waals surface area contributed by atoms with Gasteiger partial charge in [-0.3, -0.25) is 19.5 Å². The van der Waals surface area contributed by atoms with E-state index in [9.17, 15) is 22.8 Å². The summed E-state index contributed by atoms with van der Waals surface area (Å²) in [6.45, 7) is 5.57. The van der Waals surface area contributed by atoms with Crippen molar-refractivity contribution in [1.29, 1.82) is 0 Å². The average molecular weight is 683 g/mol. The SMILES string of the molecule is CCCCCc1ccc(CN(C(=O)/C=C/c2ccc(C(F)(F)F)cc2)[C@@H](Cc2ccccc2)C(=O)N2CCN(Cc3cccnc3)CC2)cc1. The van der Waals surface area contributed by atoms with Gasteiger partial charge in [0.25, 0.3) is 0 Å². The minimum Gasteiger partial charge on any atom is -0.338 e. The summed E-state index contributed by atoms with van der Waals surface area (Å²) < 4.78 is 39.4. The smallest absolute Gasteiger partial charge is 0.338 e. The van der Waals surface area contributed by atoms with Crippen LogP contribution in [0.25, 0.3) is 6.08 Å². The molecule has 3 aromatic carbocycles. The van der Waals surface area contributed by atoms with Gasteiger partial charge in [-0.1, -0.05) is 92.6 Å². The van der Waals surface area contributed by atoms with E-state index in [1.54, 1.807) is 11.1 Å². The molecule has 1 aliphatic rings. The quantitative estimate of drug-likeness (QED) is 0.101. The molecule has 2 heterocycles. The van der Waals surface area contributed by atoms with E-state index >= 15 is 0 Å². The van der Waals surface area contributed by atoms with Crippen molar-refractivity contribution in [3.8, 4) is 0 Å². The Kier molecular flexibility index (Phi) is 13.0. The van der Waals surface area contributed by atoms with Gasteiger partial charge in [0.15, 0.2) is 0 Å². The van der Waals surface area contributed by atoms with Crippen LogP contribution in [0, 0.1) is 0 Å². The van der Waals surface area contributed by atoms with Gasteiger partial charge in [0.1, 0.15) is 6.04 Å². The average Bonchev–Trinajstić information content (AvgIpc) is 3.13. The maximum absolute atomic E-state index is 14.5. The molecule has 1 fully saturated rings. The molecule has 4 aromatic rings. The number of carbonyl (C=O) groups is 2. The molecule has 2 amide bonds. The van der Waals surface area contributed by atoms with Crippen LogP contribution in [0.15, 0.2) is 109 Å². The monoisotopic (exact) mass is 682 g/mol. The maximum Gasteiger partial charge on any atom is 0.416 e. The number of hydrogen-bond donors (Lipinski definition) is 0. The van der Waals surface area contributed by atoms with Gasteiger partial charge in [0.05, 0.1) is 5.56 Å². The minimum absolute atomic E-state index is 0.123. The lowest BCUT2D eigenvalue weighted by Gasteiger charge is -2.39. The van der Waals surface area contributed by atoms with E-state index in [0.717, 1.165) is 61.1 Å². The van der Waals surface area contributed by atoms with Crippen LogP contribution in [0.5, 0.6) is 0 Å². The van der Waals surface area contributed by atoms with Gasteiger partial charge in [0.2, 0.25) is 11.8 Å². The standard InChI is InChI=1S/C41H45F3N4O2/c1-2-3-5-9-32-13-15-35(16-14-32)31-48(39(49)22-19-33-17-20-37(21-18-33)41(42,43)44)38(28-34-10-6-4-7-11-34)40(50)47-26-24-46(25-27-47)30-36-12-8-23-45-29-36/h4,6-8,10-23,29,38H,2-3,5,9,24-28,30-31H2,1H3/b22-19+/t38-/m0/s1. The van der Waals surface area contributed by atoms with Crippen LogP contribution >= 0.6 is 0 Å². The van der Waals surface area contributed by atoms with Gasteiger partial charge in [-0.15, -0.1) is 0 Å². The summed E-state index contributed by atoms with van der Waals surface area (Å²) in [6.07, 6.45) is 6.74. The molecule has 6 nitrogen and oxygen atoms in total. The third kappa shape index (κ3) is 10.6. The lowest BCUT2D eigenvalue weighted by Crippen LogP contribution is -2.56. The van der Waals surface area contributed by atoms with E-state index in [2.05, 4.69) is 28.9 Å². The number of alkyl halides is 3. The number of aromatic nitrogens is 1. The fourth-order valence-corrected chi connectivity index (χ4v) is 6.23. The van der Waals surface area contributed by atoms with Gasteiger partial charge in [-0.25, -0.2) is 0 Å². The van der Waals surface area contributed by atoms with E-state index in [-0.39, 0.29) is 18.4 Å². The molecule has 0 saturated carbocycles. The van der Waals surface area contributed by atoms with E-state index in [4.69, 9.17) is 0 Å². The zero-order valence-electron chi connectivity index (χ0n) is 28.6. The molecule has 1 atom stereocenters. The highest BCUT2D eigenvalue weighted by Crippen LogP contribution is 2.29. The Labute approximate surface area is 293 Å². The van der Waals surface area contributed by atoms with Crippen LogP contribution in [-0.4, -0.2) is 63.7 Å². The molecule has 0 bridgehead atoms. The number of amides is 2. The number of carbonyl (C=O) groups excluding carboxylic acids is 2. The molecule has 50 heavy (non-hydrogen) atoms. The first-order valence-electron chi connectivity index (χ1n) is 17.4. The van der Waals surface area contributed by atoms with Crippen molar-refractivity contribution in [3.63, 3.8) is 0 Å². The number of aryl methyl sites for hydroxylation is 1. The molecule has 1 aliphatic heterocycles. The number of hydrogen-bond acceptors (Lipinski definition) is 4. The predicted octanol–water partition coefficient (Wildman–Crippen LogP) is 7.83. The first-order chi connectivity index (χ1) is 24.2. The largest absolute Gasteiger partial charge is 0.416 e. The fraction of sp³-hybridized carbons (Fsp3) is 0.341. The van der Waals surface area contributed by atoms with E-state index in [1.165, 1.54) is 29.8 Å². The van der Waals surface area contributed by atoms with Crippen LogP contribution < -0.4 is 0 Å². The van der Waals surface area contributed by atoms with E-state index < -0.39 is 17.8 Å². The molecule has 0 radical (unpaired) electrons. The van der Waals surface area contributed by atoms with Gasteiger partial charge < -0.3 is 9.80 Å². The van der Waals surface area contributed by atoms with E-state index in [0.29, 0.717) is 38.2 Å². The molecule has 262 valence electrons. The Balaban J connectivity index is 1.40. The predicted molar refractivity (Wildman–Crippen MR) is 191 cm³/mol. The summed E-state index contributed by atoms with van der Waals surface area (Å²) >= 11 is 0. The van der Waals surface area contributed by atoms with Crippen molar-refractivity contribution in [2.75, 3.05) is 26.2 Å². The Hall–Kier alpha value is -4.76. The summed E-state index contributed by atoms with van der Waals surface area (Å²) in [5.41, 5.74) is 3.86. The number of rotatable bonds is 14. The van der Waals surface area contributed by atoms with Gasteiger partial charge in [-0.2, -0.15) is 13.2 Å². The third-order valence-electron chi connectivity index (χ3n) is 9.13. The number of pyridine rings is 1. The molecular formula is C41H45F3N4O2. The Morgan fingerprint density at radius 3 is 2.14 bits per heavy atom. The second-order valence-electron chi connectivity index (χ2n) is 12.9. The highest BCUT2D eigenvalue weighted by molar-refractivity contribution is 5.95. The first kappa shape index (κ1) is 36.5. The zero-order valence-corrected chi connectivity index (χ0v) is 28.6. The molecule has 9 heteroatoms. The zero-order chi connectivity index (χ0) is 35.3. The number of nitrogens with zero attached hydrogens (tertiary/aromatic N) is 4. The first-order valence-corrected chi connectivity index (χ1v) is 17.4. The minimum atomic E-state index is -4.45. The summed E-state index contributed by atoms with van der Waals surface area (Å²) in [7, 11) is 0. The highest BCUT2D eigenvalue weighted by atomic mass is 19.4. The van der Waals surface area contributed by atoms with Crippen molar-refractivity contribution in [1.82, 2.24) is 19.7 Å². The van der Waals surface area contributed by atoms with Crippen molar-refractivity contribution >= 4 is 17.9 Å². The van der Waals surface area contributed by atoms with Crippen LogP contribution in [0.3, 0.4) is 0 Å². The summed E-state index contributed by atoms with van der Waals surface area (Å²) in [6, 6.07) is 25.7. The van der Waals surface area contributed by atoms with Crippen LogP contribution in [0.2, 0.25) is 0 Å². The topological polar surface area (TPSA) is 56.8 Å². The summed E-state index contributed by atoms with van der Waals surface area (Å²) in [5, 5.41) is 0. The summed E-state index contributed by atoms with van der Waals surface area (Å²) in [5.74, 6) is -0.510. The van der Waals surface area contributed by atoms with Crippen LogP contribution in [0.4, 0.5) is 13.2 Å². The lowest BCUT2D eigenvalue weighted by molar-refractivity contribution is -0.145. The molecule has 0 unspecified atom stereocenters. The molecular weight excluding hydrogens is 637 g/mol. The van der Waals surface area contributed by atoms with Crippen molar-refractivity contribution < 1.29 is 22.8 Å². The second-order valence-corrected chi connectivity index (χ2v) is 12.9. The van der Waals surface area contributed by atoms with Crippen LogP contribution in [-0.2, 0) is 41.7 Å². The summed E-state index contributed by atoms with van der Waals surface area (Å²) in [4.78, 5) is 38.6. The Bertz CT molecular complexity index is 1670. The lowest BCUT2D eigenvalue weighted by atomic mass is 10.0. The van der Waals surface area contributed by atoms with Crippen molar-refractivity contribution in [2.45, 2.75) is 64.3 Å². The second kappa shape index (κ2) is 17.8. The maximum atomic E-state index is 14.5. The molecule has 5 rings (SSSR count). The van der Waals surface area contributed by atoms with Crippen molar-refractivity contribution in [2.24, 2.45) is 0 Å². The van der Waals surface area contributed by atoms with Crippen LogP contribution in [0.1, 0.15) is 59.6 Å². The van der Waals surface area contributed by atoms with Gasteiger partial charge >= 0.3 is 6.18 Å². The number of piperazine rings is 1. The molecule has 1 aromatic heterocycles. The molecule has 1 saturated heterocycles. The third-order valence-corrected chi connectivity index (χ3v) is 9.13. The normalized spacial score (nSPS) is 14.5. The molecule has 0 spiro atoms. The Morgan fingerprint density at radius 2 is 1.50 bits per heavy atom. The Morgan fingerprint density at radius 1 is 0.820 bits per heavy atom. The molecule has 0 aliphatic carbocycles. The van der Waals surface area contributed by atoms with Gasteiger partial charge in [-0.05, 0) is 64.9 Å². The van der Waals surface area contributed by atoms with Gasteiger partial charge in [0, 0.05) is 64.2 Å². The fourth-order valence-electron chi connectivity index (χ4n) is 6.23. The number of benzene rings is 3. The molecule has 0 N–H and O–H groups in total. The van der Waals surface area contributed by atoms with E-state index in [1.807, 2.05) is 65.7 Å². The number of halogens is 3.